The van der Waals surface area contributed by atoms with E-state index in [0.717, 1.165) is 45.2 Å². The molecule has 21 heavy (non-hydrogen) atoms. The first-order valence-electron chi connectivity index (χ1n) is 8.02. The van der Waals surface area contributed by atoms with Crippen LogP contribution in [0.4, 0.5) is 0 Å². The second kappa shape index (κ2) is 6.13. The van der Waals surface area contributed by atoms with Crippen LogP contribution in [0.3, 0.4) is 0 Å². The van der Waals surface area contributed by atoms with Crippen LogP contribution in [0.2, 0.25) is 0 Å². The Labute approximate surface area is 124 Å². The summed E-state index contributed by atoms with van der Waals surface area (Å²) in [4.78, 5) is 40.1. The van der Waals surface area contributed by atoms with Crippen molar-refractivity contribution in [2.24, 2.45) is 11.8 Å². The van der Waals surface area contributed by atoms with E-state index in [2.05, 4.69) is 5.32 Å². The normalized spacial score (nSPS) is 30.3. The Hall–Kier alpha value is -1.43. The Morgan fingerprint density at radius 3 is 2.33 bits per heavy atom. The lowest BCUT2D eigenvalue weighted by atomic mass is 9.81. The van der Waals surface area contributed by atoms with Gasteiger partial charge in [-0.2, -0.15) is 0 Å². The molecule has 0 spiro atoms. The number of nitrogens with zero attached hydrogens (tertiary/aromatic N) is 2. The van der Waals surface area contributed by atoms with Crippen molar-refractivity contribution in [1.82, 2.24) is 15.1 Å². The number of likely N-dealkylation sites (tertiary alicyclic amines) is 1. The Morgan fingerprint density at radius 1 is 1.00 bits per heavy atom. The van der Waals surface area contributed by atoms with E-state index in [1.165, 1.54) is 4.90 Å². The number of fused-ring (bicyclic) bond motifs is 1. The van der Waals surface area contributed by atoms with Crippen molar-refractivity contribution >= 4 is 17.7 Å². The summed E-state index contributed by atoms with van der Waals surface area (Å²) >= 11 is 0. The van der Waals surface area contributed by atoms with Crippen LogP contribution in [0.15, 0.2) is 0 Å². The van der Waals surface area contributed by atoms with Crippen LogP contribution in [0.5, 0.6) is 0 Å². The zero-order chi connectivity index (χ0) is 14.8. The van der Waals surface area contributed by atoms with E-state index in [0.29, 0.717) is 13.1 Å². The maximum atomic E-state index is 12.4. The Morgan fingerprint density at radius 2 is 1.67 bits per heavy atom. The Bertz CT molecular complexity index is 419. The second-order valence-corrected chi connectivity index (χ2v) is 6.24. The lowest BCUT2D eigenvalue weighted by Crippen LogP contribution is -2.44. The molecule has 1 N–H and O–H groups in total. The molecule has 3 fully saturated rings. The topological polar surface area (TPSA) is 69.7 Å². The molecule has 3 aliphatic rings. The quantitative estimate of drug-likeness (QED) is 0.727. The molecule has 1 aliphatic carbocycles. The van der Waals surface area contributed by atoms with Gasteiger partial charge in [-0.25, -0.2) is 0 Å². The van der Waals surface area contributed by atoms with Crippen molar-refractivity contribution in [2.75, 3.05) is 32.7 Å². The van der Waals surface area contributed by atoms with E-state index < -0.39 is 0 Å². The molecular weight excluding hydrogens is 270 g/mol. The first-order valence-corrected chi connectivity index (χ1v) is 8.02. The molecule has 2 aliphatic heterocycles. The van der Waals surface area contributed by atoms with Crippen molar-refractivity contribution in [3.05, 3.63) is 0 Å². The minimum atomic E-state index is -0.162. The van der Waals surface area contributed by atoms with E-state index in [-0.39, 0.29) is 36.1 Å². The molecular formula is C15H23N3O3. The van der Waals surface area contributed by atoms with Crippen molar-refractivity contribution < 1.29 is 14.4 Å². The largest absolute Gasteiger partial charge is 0.340 e. The van der Waals surface area contributed by atoms with Crippen molar-refractivity contribution in [1.29, 1.82) is 0 Å². The summed E-state index contributed by atoms with van der Waals surface area (Å²) in [6, 6.07) is 0. The summed E-state index contributed by atoms with van der Waals surface area (Å²) < 4.78 is 0. The van der Waals surface area contributed by atoms with E-state index in [9.17, 15) is 14.4 Å². The third-order valence-corrected chi connectivity index (χ3v) is 4.92. The van der Waals surface area contributed by atoms with E-state index in [1.54, 1.807) is 4.90 Å². The van der Waals surface area contributed by atoms with Gasteiger partial charge in [0.25, 0.3) is 0 Å². The fourth-order valence-electron chi connectivity index (χ4n) is 3.72. The van der Waals surface area contributed by atoms with Crippen LogP contribution < -0.4 is 5.32 Å². The fourth-order valence-corrected chi connectivity index (χ4v) is 3.72. The van der Waals surface area contributed by atoms with Crippen LogP contribution >= 0.6 is 0 Å². The first kappa shape index (κ1) is 14.5. The molecule has 3 amide bonds. The number of nitrogens with one attached hydrogen (secondary N) is 1. The molecule has 2 atom stereocenters. The van der Waals surface area contributed by atoms with Crippen LogP contribution in [-0.4, -0.2) is 60.2 Å². The zero-order valence-corrected chi connectivity index (χ0v) is 12.3. The smallest absolute Gasteiger partial charge is 0.242 e. The molecule has 1 saturated carbocycles. The Kier molecular flexibility index (Phi) is 4.24. The van der Waals surface area contributed by atoms with Gasteiger partial charge in [-0.15, -0.1) is 0 Å². The minimum absolute atomic E-state index is 0.0648. The van der Waals surface area contributed by atoms with Crippen molar-refractivity contribution in [2.45, 2.75) is 32.1 Å². The minimum Gasteiger partial charge on any atom is -0.340 e. The SMILES string of the molecule is O=C(CN1C(=O)C2CCCCC2C1=O)N1CCCNCC1. The predicted octanol–water partition coefficient (Wildman–Crippen LogP) is -0.0165. The van der Waals surface area contributed by atoms with Crippen LogP contribution in [0.1, 0.15) is 32.1 Å². The number of hydrogen-bond donors (Lipinski definition) is 1. The highest BCUT2D eigenvalue weighted by Gasteiger charge is 2.48. The summed E-state index contributed by atoms with van der Waals surface area (Å²) in [6.07, 6.45) is 4.54. The van der Waals surface area contributed by atoms with Crippen LogP contribution in [0.25, 0.3) is 0 Å². The van der Waals surface area contributed by atoms with Crippen molar-refractivity contribution in [3.63, 3.8) is 0 Å². The highest BCUT2D eigenvalue weighted by Crippen LogP contribution is 2.37. The Balaban J connectivity index is 1.65. The molecule has 116 valence electrons. The average Bonchev–Trinajstić information content (AvgIpc) is 2.72. The fraction of sp³-hybridized carbons (Fsp3) is 0.800. The highest BCUT2D eigenvalue weighted by molar-refractivity contribution is 6.07. The molecule has 0 aromatic rings. The zero-order valence-electron chi connectivity index (χ0n) is 12.3. The van der Waals surface area contributed by atoms with Gasteiger partial charge in [0.1, 0.15) is 6.54 Å². The van der Waals surface area contributed by atoms with Gasteiger partial charge >= 0.3 is 0 Å². The van der Waals surface area contributed by atoms with Gasteiger partial charge in [-0.3, -0.25) is 19.3 Å². The van der Waals surface area contributed by atoms with E-state index in [4.69, 9.17) is 0 Å². The summed E-state index contributed by atoms with van der Waals surface area (Å²) in [5.74, 6) is -0.661. The first-order chi connectivity index (χ1) is 10.2. The second-order valence-electron chi connectivity index (χ2n) is 6.24. The summed E-state index contributed by atoms with van der Waals surface area (Å²) in [7, 11) is 0. The number of rotatable bonds is 2. The number of imide groups is 1. The predicted molar refractivity (Wildman–Crippen MR) is 76.2 cm³/mol. The lowest BCUT2D eigenvalue weighted by Gasteiger charge is -2.23. The van der Waals surface area contributed by atoms with Gasteiger partial charge in [0.2, 0.25) is 17.7 Å². The molecule has 2 unspecified atom stereocenters. The van der Waals surface area contributed by atoms with Gasteiger partial charge in [-0.1, -0.05) is 12.8 Å². The van der Waals surface area contributed by atoms with Gasteiger partial charge in [-0.05, 0) is 25.8 Å². The van der Waals surface area contributed by atoms with Crippen molar-refractivity contribution in [3.8, 4) is 0 Å². The molecule has 6 heteroatoms. The van der Waals surface area contributed by atoms with Gasteiger partial charge in [0.05, 0.1) is 11.8 Å². The van der Waals surface area contributed by atoms with E-state index >= 15 is 0 Å². The third-order valence-electron chi connectivity index (χ3n) is 4.92. The molecule has 3 rings (SSSR count). The number of amides is 3. The number of hydrogen-bond acceptors (Lipinski definition) is 4. The van der Waals surface area contributed by atoms with Crippen LogP contribution in [-0.2, 0) is 14.4 Å². The number of carbonyl (C=O) groups is 3. The van der Waals surface area contributed by atoms with E-state index in [1.807, 2.05) is 0 Å². The maximum Gasteiger partial charge on any atom is 0.242 e. The molecule has 0 radical (unpaired) electrons. The van der Waals surface area contributed by atoms with Gasteiger partial charge < -0.3 is 10.2 Å². The molecule has 2 heterocycles. The standard InChI is InChI=1S/C15H23N3O3/c19-13(17-8-3-6-16-7-9-17)10-18-14(20)11-4-1-2-5-12(11)15(18)21/h11-12,16H,1-10H2. The number of carbonyl (C=O) groups excluding carboxylic acids is 3. The molecule has 0 bridgehead atoms. The molecule has 2 saturated heterocycles. The highest BCUT2D eigenvalue weighted by atomic mass is 16.2. The molecule has 0 aromatic carbocycles. The van der Waals surface area contributed by atoms with Gasteiger partial charge in [0, 0.05) is 19.6 Å². The summed E-state index contributed by atoms with van der Waals surface area (Å²) in [5, 5.41) is 3.24. The summed E-state index contributed by atoms with van der Waals surface area (Å²) in [6.45, 7) is 2.98. The lowest BCUT2D eigenvalue weighted by molar-refractivity contribution is -0.146. The monoisotopic (exact) mass is 293 g/mol. The third kappa shape index (κ3) is 2.81. The van der Waals surface area contributed by atoms with Gasteiger partial charge in [0.15, 0.2) is 0 Å². The molecule has 6 nitrogen and oxygen atoms in total. The van der Waals surface area contributed by atoms with Crippen LogP contribution in [0, 0.1) is 11.8 Å². The average molecular weight is 293 g/mol. The maximum absolute atomic E-state index is 12.4. The molecule has 0 aromatic heterocycles. The summed E-state index contributed by atoms with van der Waals surface area (Å²) in [5.41, 5.74) is 0.